The highest BCUT2D eigenvalue weighted by atomic mass is 35.5. The Morgan fingerprint density at radius 1 is 1.44 bits per heavy atom. The highest BCUT2D eigenvalue weighted by Crippen LogP contribution is 2.05. The van der Waals surface area contributed by atoms with Gasteiger partial charge in [0.05, 0.1) is 11.3 Å². The zero-order valence-electron chi connectivity index (χ0n) is 9.93. The second kappa shape index (κ2) is 5.64. The van der Waals surface area contributed by atoms with E-state index in [1.165, 1.54) is 6.20 Å². The van der Waals surface area contributed by atoms with E-state index in [-0.39, 0.29) is 5.91 Å². The molecule has 0 saturated heterocycles. The monoisotopic (exact) mass is 264 g/mol. The van der Waals surface area contributed by atoms with Gasteiger partial charge in [-0.3, -0.25) is 4.79 Å². The fourth-order valence-electron chi connectivity index (χ4n) is 1.53. The minimum Gasteiger partial charge on any atom is -0.350 e. The number of imidazole rings is 1. The second-order valence-electron chi connectivity index (χ2n) is 3.86. The van der Waals surface area contributed by atoms with Crippen molar-refractivity contribution >= 4 is 17.5 Å². The molecule has 18 heavy (non-hydrogen) atoms. The summed E-state index contributed by atoms with van der Waals surface area (Å²) in [6, 6.07) is 3.24. The lowest BCUT2D eigenvalue weighted by Crippen LogP contribution is -2.26. The molecule has 1 N–H and O–H groups in total. The van der Waals surface area contributed by atoms with Crippen molar-refractivity contribution in [2.45, 2.75) is 6.42 Å². The summed E-state index contributed by atoms with van der Waals surface area (Å²) in [4.78, 5) is 19.7. The largest absolute Gasteiger partial charge is 0.350 e. The highest BCUT2D eigenvalue weighted by molar-refractivity contribution is 6.30. The lowest BCUT2D eigenvalue weighted by atomic mass is 10.3. The Kier molecular flexibility index (Phi) is 3.94. The van der Waals surface area contributed by atoms with E-state index in [1.807, 2.05) is 11.6 Å². The zero-order chi connectivity index (χ0) is 13.0. The van der Waals surface area contributed by atoms with Crippen LogP contribution in [0.1, 0.15) is 16.2 Å². The van der Waals surface area contributed by atoms with Crippen molar-refractivity contribution in [2.24, 2.45) is 7.05 Å². The van der Waals surface area contributed by atoms with Crippen molar-refractivity contribution in [3.05, 3.63) is 47.3 Å². The molecule has 0 radical (unpaired) electrons. The maximum atomic E-state index is 11.7. The molecule has 0 aliphatic heterocycles. The lowest BCUT2D eigenvalue weighted by Gasteiger charge is -2.05. The molecule has 0 aromatic carbocycles. The number of nitrogens with zero attached hydrogens (tertiary/aromatic N) is 3. The summed E-state index contributed by atoms with van der Waals surface area (Å²) < 4.78 is 1.92. The average Bonchev–Trinajstić information content (AvgIpc) is 2.76. The SMILES string of the molecule is Cn1cncc1CCNC(=O)c1ccc(Cl)cn1. The molecule has 0 unspecified atom stereocenters. The number of carbonyl (C=O) groups excluding carboxylic acids is 1. The number of hydrogen-bond donors (Lipinski definition) is 1. The highest BCUT2D eigenvalue weighted by Gasteiger charge is 2.06. The lowest BCUT2D eigenvalue weighted by molar-refractivity contribution is 0.0949. The summed E-state index contributed by atoms with van der Waals surface area (Å²) in [6.07, 6.45) is 5.71. The molecule has 2 heterocycles. The number of pyridine rings is 1. The fraction of sp³-hybridized carbons (Fsp3) is 0.250. The van der Waals surface area contributed by atoms with Crippen LogP contribution in [-0.2, 0) is 13.5 Å². The number of carbonyl (C=O) groups is 1. The van der Waals surface area contributed by atoms with E-state index in [9.17, 15) is 4.79 Å². The van der Waals surface area contributed by atoms with Gasteiger partial charge < -0.3 is 9.88 Å². The number of rotatable bonds is 4. The van der Waals surface area contributed by atoms with Crippen molar-refractivity contribution in [1.82, 2.24) is 19.9 Å². The van der Waals surface area contributed by atoms with Crippen LogP contribution in [-0.4, -0.2) is 27.0 Å². The van der Waals surface area contributed by atoms with Crippen LogP contribution < -0.4 is 5.32 Å². The first kappa shape index (κ1) is 12.6. The molecule has 0 saturated carbocycles. The van der Waals surface area contributed by atoms with Gasteiger partial charge in [-0.05, 0) is 12.1 Å². The van der Waals surface area contributed by atoms with E-state index in [2.05, 4.69) is 15.3 Å². The van der Waals surface area contributed by atoms with Gasteiger partial charge in [-0.25, -0.2) is 9.97 Å². The quantitative estimate of drug-likeness (QED) is 0.909. The standard InChI is InChI=1S/C12H13ClN4O/c1-17-8-14-7-10(17)4-5-15-12(18)11-3-2-9(13)6-16-11/h2-3,6-8H,4-5H2,1H3,(H,15,18). The van der Waals surface area contributed by atoms with Crippen LogP contribution in [0.3, 0.4) is 0 Å². The van der Waals surface area contributed by atoms with Gasteiger partial charge in [0.1, 0.15) is 5.69 Å². The first-order valence-corrected chi connectivity index (χ1v) is 5.89. The van der Waals surface area contributed by atoms with Gasteiger partial charge in [0.25, 0.3) is 5.91 Å². The minimum atomic E-state index is -0.200. The Balaban J connectivity index is 1.85. The van der Waals surface area contributed by atoms with Gasteiger partial charge in [-0.1, -0.05) is 11.6 Å². The van der Waals surface area contributed by atoms with E-state index in [4.69, 9.17) is 11.6 Å². The number of amides is 1. The van der Waals surface area contributed by atoms with Crippen molar-refractivity contribution in [2.75, 3.05) is 6.54 Å². The number of nitrogens with one attached hydrogen (secondary N) is 1. The van der Waals surface area contributed by atoms with Crippen molar-refractivity contribution < 1.29 is 4.79 Å². The van der Waals surface area contributed by atoms with Crippen LogP contribution in [0.25, 0.3) is 0 Å². The first-order chi connectivity index (χ1) is 8.66. The molecular weight excluding hydrogens is 252 g/mol. The van der Waals surface area contributed by atoms with E-state index in [1.54, 1.807) is 24.7 Å². The van der Waals surface area contributed by atoms with Gasteiger partial charge in [0.2, 0.25) is 0 Å². The number of halogens is 1. The number of aromatic nitrogens is 3. The molecule has 2 aromatic heterocycles. The van der Waals surface area contributed by atoms with Gasteiger partial charge in [0.15, 0.2) is 0 Å². The van der Waals surface area contributed by atoms with E-state index in [0.717, 1.165) is 12.1 Å². The van der Waals surface area contributed by atoms with E-state index < -0.39 is 0 Å². The molecule has 6 heteroatoms. The molecule has 0 spiro atoms. The number of aryl methyl sites for hydroxylation is 1. The normalized spacial score (nSPS) is 10.3. The predicted octanol–water partition coefficient (Wildman–Crippen LogP) is 1.44. The third-order valence-corrected chi connectivity index (χ3v) is 2.77. The zero-order valence-corrected chi connectivity index (χ0v) is 10.7. The fourth-order valence-corrected chi connectivity index (χ4v) is 1.64. The van der Waals surface area contributed by atoms with Gasteiger partial charge in [-0.2, -0.15) is 0 Å². The Morgan fingerprint density at radius 3 is 2.89 bits per heavy atom. The van der Waals surface area contributed by atoms with Crippen LogP contribution in [0.5, 0.6) is 0 Å². The summed E-state index contributed by atoms with van der Waals surface area (Å²) in [5.74, 6) is -0.200. The van der Waals surface area contributed by atoms with Gasteiger partial charge in [-0.15, -0.1) is 0 Å². The molecule has 0 aliphatic rings. The van der Waals surface area contributed by atoms with Crippen molar-refractivity contribution in [3.8, 4) is 0 Å². The van der Waals surface area contributed by atoms with Crippen molar-refractivity contribution in [3.63, 3.8) is 0 Å². The maximum Gasteiger partial charge on any atom is 0.269 e. The molecule has 2 rings (SSSR count). The molecular formula is C12H13ClN4O. The summed E-state index contributed by atoms with van der Waals surface area (Å²) >= 11 is 5.70. The smallest absolute Gasteiger partial charge is 0.269 e. The Hall–Kier alpha value is -1.88. The summed E-state index contributed by atoms with van der Waals surface area (Å²) in [5, 5.41) is 3.31. The topological polar surface area (TPSA) is 59.8 Å². The molecule has 2 aromatic rings. The van der Waals surface area contributed by atoms with Crippen molar-refractivity contribution in [1.29, 1.82) is 0 Å². The molecule has 0 fully saturated rings. The Labute approximate surface area is 110 Å². The summed E-state index contributed by atoms with van der Waals surface area (Å²) in [5.41, 5.74) is 1.43. The van der Waals surface area contributed by atoms with Crippen LogP contribution in [0.15, 0.2) is 30.9 Å². The van der Waals surface area contributed by atoms with E-state index in [0.29, 0.717) is 17.3 Å². The van der Waals surface area contributed by atoms with Crippen LogP contribution >= 0.6 is 11.6 Å². The molecule has 94 valence electrons. The minimum absolute atomic E-state index is 0.200. The van der Waals surface area contributed by atoms with Crippen LogP contribution in [0.4, 0.5) is 0 Å². The molecule has 0 bridgehead atoms. The van der Waals surface area contributed by atoms with Crippen LogP contribution in [0.2, 0.25) is 5.02 Å². The maximum absolute atomic E-state index is 11.7. The average molecular weight is 265 g/mol. The number of hydrogen-bond acceptors (Lipinski definition) is 3. The van der Waals surface area contributed by atoms with Crippen LogP contribution in [0, 0.1) is 0 Å². The van der Waals surface area contributed by atoms with Gasteiger partial charge >= 0.3 is 0 Å². The third kappa shape index (κ3) is 3.07. The summed E-state index contributed by atoms with van der Waals surface area (Å²) in [7, 11) is 1.92. The molecule has 0 aliphatic carbocycles. The summed E-state index contributed by atoms with van der Waals surface area (Å²) in [6.45, 7) is 0.544. The molecule has 1 amide bonds. The predicted molar refractivity (Wildman–Crippen MR) is 68.5 cm³/mol. The van der Waals surface area contributed by atoms with Gasteiger partial charge in [0, 0.05) is 38.1 Å². The van der Waals surface area contributed by atoms with E-state index >= 15 is 0 Å². The Bertz CT molecular complexity index is 535. The molecule has 0 atom stereocenters. The Morgan fingerprint density at radius 2 is 2.28 bits per heavy atom. The first-order valence-electron chi connectivity index (χ1n) is 5.52. The molecule has 5 nitrogen and oxygen atoms in total. The third-order valence-electron chi connectivity index (χ3n) is 2.54. The second-order valence-corrected chi connectivity index (χ2v) is 4.30.